The standard InChI is InChI=1S/C16H27N3/c1-16(2)10-11-18(4)15(12-17-3)13-19(16)14-8-6-5-7-9-14/h5-9,15,17H,10-13H2,1-4H3. The van der Waals surface area contributed by atoms with Crippen molar-refractivity contribution >= 4 is 5.69 Å². The predicted octanol–water partition coefficient (Wildman–Crippen LogP) is 2.20. The van der Waals surface area contributed by atoms with E-state index in [-0.39, 0.29) is 5.54 Å². The van der Waals surface area contributed by atoms with E-state index >= 15 is 0 Å². The highest BCUT2D eigenvalue weighted by molar-refractivity contribution is 5.49. The first-order chi connectivity index (χ1) is 9.04. The van der Waals surface area contributed by atoms with Crippen LogP contribution in [0.15, 0.2) is 30.3 Å². The van der Waals surface area contributed by atoms with Crippen molar-refractivity contribution in [2.45, 2.75) is 31.8 Å². The Labute approximate surface area is 117 Å². The highest BCUT2D eigenvalue weighted by atomic mass is 15.3. The molecule has 0 bridgehead atoms. The second-order valence-corrected chi connectivity index (χ2v) is 6.20. The molecule has 1 aromatic carbocycles. The zero-order valence-electron chi connectivity index (χ0n) is 12.7. The van der Waals surface area contributed by atoms with Gasteiger partial charge in [-0.2, -0.15) is 0 Å². The van der Waals surface area contributed by atoms with Gasteiger partial charge in [-0.25, -0.2) is 0 Å². The maximum absolute atomic E-state index is 3.33. The summed E-state index contributed by atoms with van der Waals surface area (Å²) in [4.78, 5) is 5.06. The Morgan fingerprint density at radius 1 is 1.26 bits per heavy atom. The van der Waals surface area contributed by atoms with Crippen LogP contribution in [0.1, 0.15) is 20.3 Å². The fourth-order valence-electron chi connectivity index (χ4n) is 2.88. The number of anilines is 1. The van der Waals surface area contributed by atoms with Crippen LogP contribution in [-0.4, -0.2) is 50.2 Å². The molecule has 0 saturated carbocycles. The van der Waals surface area contributed by atoms with Crippen LogP contribution in [0.4, 0.5) is 5.69 Å². The van der Waals surface area contributed by atoms with E-state index in [9.17, 15) is 0 Å². The number of nitrogens with zero attached hydrogens (tertiary/aromatic N) is 2. The van der Waals surface area contributed by atoms with Crippen LogP contribution in [0.25, 0.3) is 0 Å². The zero-order chi connectivity index (χ0) is 13.9. The highest BCUT2D eigenvalue weighted by Gasteiger charge is 2.33. The Hall–Kier alpha value is -1.06. The molecule has 1 aliphatic rings. The summed E-state index contributed by atoms with van der Waals surface area (Å²) in [5, 5.41) is 3.33. The Kier molecular flexibility index (Phi) is 4.48. The predicted molar refractivity (Wildman–Crippen MR) is 82.8 cm³/mol. The Morgan fingerprint density at radius 2 is 1.95 bits per heavy atom. The third kappa shape index (κ3) is 3.28. The number of hydrogen-bond donors (Lipinski definition) is 1. The lowest BCUT2D eigenvalue weighted by atomic mass is 9.97. The maximum Gasteiger partial charge on any atom is 0.0393 e. The smallest absolute Gasteiger partial charge is 0.0393 e. The van der Waals surface area contributed by atoms with Gasteiger partial charge in [-0.05, 0) is 46.5 Å². The van der Waals surface area contributed by atoms with Crippen molar-refractivity contribution in [3.63, 3.8) is 0 Å². The van der Waals surface area contributed by atoms with E-state index in [4.69, 9.17) is 0 Å². The normalized spacial score (nSPS) is 24.2. The van der Waals surface area contributed by atoms with Crippen molar-refractivity contribution in [1.82, 2.24) is 10.2 Å². The summed E-state index contributed by atoms with van der Waals surface area (Å²) in [7, 11) is 4.28. The van der Waals surface area contributed by atoms with E-state index in [2.05, 4.69) is 66.3 Å². The van der Waals surface area contributed by atoms with Crippen molar-refractivity contribution in [2.24, 2.45) is 0 Å². The summed E-state index contributed by atoms with van der Waals surface area (Å²) in [6, 6.07) is 11.4. The van der Waals surface area contributed by atoms with Crippen LogP contribution in [0.3, 0.4) is 0 Å². The molecule has 1 heterocycles. The molecule has 0 amide bonds. The van der Waals surface area contributed by atoms with Crippen LogP contribution < -0.4 is 10.2 Å². The molecule has 1 aliphatic heterocycles. The van der Waals surface area contributed by atoms with Gasteiger partial charge in [0, 0.05) is 36.9 Å². The Morgan fingerprint density at radius 3 is 2.58 bits per heavy atom. The van der Waals surface area contributed by atoms with E-state index < -0.39 is 0 Å². The van der Waals surface area contributed by atoms with Gasteiger partial charge in [0.15, 0.2) is 0 Å². The third-order valence-electron chi connectivity index (χ3n) is 4.33. The summed E-state index contributed by atoms with van der Waals surface area (Å²) >= 11 is 0. The van der Waals surface area contributed by atoms with Gasteiger partial charge in [-0.1, -0.05) is 18.2 Å². The minimum absolute atomic E-state index is 0.206. The number of rotatable bonds is 3. The van der Waals surface area contributed by atoms with Gasteiger partial charge < -0.3 is 15.1 Å². The van der Waals surface area contributed by atoms with Gasteiger partial charge in [-0.3, -0.25) is 0 Å². The van der Waals surface area contributed by atoms with Crippen LogP contribution in [-0.2, 0) is 0 Å². The number of nitrogens with one attached hydrogen (secondary N) is 1. The van der Waals surface area contributed by atoms with E-state index in [1.54, 1.807) is 0 Å². The third-order valence-corrected chi connectivity index (χ3v) is 4.33. The van der Waals surface area contributed by atoms with Crippen LogP contribution in [0.5, 0.6) is 0 Å². The van der Waals surface area contributed by atoms with Crippen molar-refractivity contribution in [2.75, 3.05) is 38.6 Å². The summed E-state index contributed by atoms with van der Waals surface area (Å²) in [6.45, 7) is 7.98. The lowest BCUT2D eigenvalue weighted by molar-refractivity contribution is 0.254. The summed E-state index contributed by atoms with van der Waals surface area (Å²) < 4.78 is 0. The molecule has 1 saturated heterocycles. The first-order valence-corrected chi connectivity index (χ1v) is 7.22. The lowest BCUT2D eigenvalue weighted by Gasteiger charge is -2.40. The highest BCUT2D eigenvalue weighted by Crippen LogP contribution is 2.29. The van der Waals surface area contributed by atoms with Gasteiger partial charge >= 0.3 is 0 Å². The molecule has 0 radical (unpaired) electrons. The van der Waals surface area contributed by atoms with E-state index in [1.165, 1.54) is 12.1 Å². The minimum atomic E-state index is 0.206. The molecule has 3 nitrogen and oxygen atoms in total. The second kappa shape index (κ2) is 5.93. The Balaban J connectivity index is 2.26. The number of likely N-dealkylation sites (N-methyl/N-ethyl adjacent to an activating group) is 2. The van der Waals surface area contributed by atoms with Gasteiger partial charge in [-0.15, -0.1) is 0 Å². The van der Waals surface area contributed by atoms with E-state index in [0.29, 0.717) is 6.04 Å². The molecular formula is C16H27N3. The molecule has 1 N–H and O–H groups in total. The van der Waals surface area contributed by atoms with Crippen LogP contribution in [0, 0.1) is 0 Å². The van der Waals surface area contributed by atoms with Gasteiger partial charge in [0.25, 0.3) is 0 Å². The van der Waals surface area contributed by atoms with Gasteiger partial charge in [0.2, 0.25) is 0 Å². The largest absolute Gasteiger partial charge is 0.365 e. The second-order valence-electron chi connectivity index (χ2n) is 6.20. The SMILES string of the molecule is CNCC1CN(c2ccccc2)C(C)(C)CCN1C. The summed E-state index contributed by atoms with van der Waals surface area (Å²) in [6.07, 6.45) is 1.19. The molecule has 0 aliphatic carbocycles. The average molecular weight is 261 g/mol. The molecule has 2 rings (SSSR count). The van der Waals surface area contributed by atoms with Gasteiger partial charge in [0.1, 0.15) is 0 Å². The first-order valence-electron chi connectivity index (χ1n) is 7.22. The average Bonchev–Trinajstić information content (AvgIpc) is 2.51. The molecule has 19 heavy (non-hydrogen) atoms. The fourth-order valence-corrected chi connectivity index (χ4v) is 2.88. The molecule has 1 atom stereocenters. The van der Waals surface area contributed by atoms with Crippen molar-refractivity contribution in [3.05, 3.63) is 30.3 Å². The summed E-state index contributed by atoms with van der Waals surface area (Å²) in [5.41, 5.74) is 1.54. The van der Waals surface area contributed by atoms with Crippen LogP contribution >= 0.6 is 0 Å². The van der Waals surface area contributed by atoms with Crippen molar-refractivity contribution < 1.29 is 0 Å². The molecule has 1 aromatic rings. The van der Waals surface area contributed by atoms with Crippen molar-refractivity contribution in [3.8, 4) is 0 Å². The number of para-hydroxylation sites is 1. The maximum atomic E-state index is 3.33. The molecule has 1 fully saturated rings. The van der Waals surface area contributed by atoms with Gasteiger partial charge in [0.05, 0.1) is 0 Å². The molecule has 1 unspecified atom stereocenters. The zero-order valence-corrected chi connectivity index (χ0v) is 12.7. The number of hydrogen-bond acceptors (Lipinski definition) is 3. The quantitative estimate of drug-likeness (QED) is 0.900. The fraction of sp³-hybridized carbons (Fsp3) is 0.625. The lowest BCUT2D eigenvalue weighted by Crippen LogP contribution is -2.49. The molecule has 0 aromatic heterocycles. The van der Waals surface area contributed by atoms with E-state index in [0.717, 1.165) is 19.6 Å². The monoisotopic (exact) mass is 261 g/mol. The topological polar surface area (TPSA) is 18.5 Å². The van der Waals surface area contributed by atoms with Crippen LogP contribution in [0.2, 0.25) is 0 Å². The molecule has 0 spiro atoms. The van der Waals surface area contributed by atoms with E-state index in [1.807, 2.05) is 7.05 Å². The number of benzene rings is 1. The minimum Gasteiger partial charge on any atom is -0.365 e. The van der Waals surface area contributed by atoms with Crippen molar-refractivity contribution in [1.29, 1.82) is 0 Å². The molecule has 3 heteroatoms. The molecule has 106 valence electrons. The summed E-state index contributed by atoms with van der Waals surface area (Å²) in [5.74, 6) is 0. The first kappa shape index (κ1) is 14.4. The Bertz CT molecular complexity index is 388. The molecular weight excluding hydrogens is 234 g/mol.